The van der Waals surface area contributed by atoms with Crippen LogP contribution in [0, 0.1) is 5.82 Å². The van der Waals surface area contributed by atoms with Gasteiger partial charge in [-0.3, -0.25) is 4.79 Å². The number of carbonyl (C=O) groups excluding carboxylic acids is 1. The topological polar surface area (TPSA) is 85.3 Å². The van der Waals surface area contributed by atoms with Gasteiger partial charge >= 0.3 is 0 Å². The average Bonchev–Trinajstić information content (AvgIpc) is 3.39. The summed E-state index contributed by atoms with van der Waals surface area (Å²) in [6, 6.07) is 7.48. The number of nitrogens with two attached hydrogens (primary N) is 1. The first-order valence-corrected chi connectivity index (χ1v) is 11.8. The molecule has 1 aliphatic carbocycles. The van der Waals surface area contributed by atoms with E-state index in [9.17, 15) is 18.0 Å². The third-order valence-electron chi connectivity index (χ3n) is 5.95. The molecule has 0 aliphatic heterocycles. The Morgan fingerprint density at radius 3 is 2.68 bits per heavy atom. The summed E-state index contributed by atoms with van der Waals surface area (Å²) >= 11 is 7.29. The summed E-state index contributed by atoms with van der Waals surface area (Å²) < 4.78 is 43.7. The number of rotatable bonds is 4. The second-order valence-electron chi connectivity index (χ2n) is 8.22. The number of nitrogens with zero attached hydrogens (tertiary/aromatic N) is 3. The van der Waals surface area contributed by atoms with Gasteiger partial charge in [0.15, 0.2) is 5.01 Å². The van der Waals surface area contributed by atoms with Crippen LogP contribution in [0.15, 0.2) is 48.8 Å². The molecule has 1 aliphatic rings. The molecule has 0 saturated heterocycles. The summed E-state index contributed by atoms with van der Waals surface area (Å²) in [5.74, 6) is -4.14. The highest BCUT2D eigenvalue weighted by molar-refractivity contribution is 7.18. The van der Waals surface area contributed by atoms with Crippen LogP contribution < -0.4 is 11.1 Å². The van der Waals surface area contributed by atoms with Crippen LogP contribution in [0.5, 0.6) is 0 Å². The van der Waals surface area contributed by atoms with E-state index in [4.69, 9.17) is 17.3 Å². The van der Waals surface area contributed by atoms with Crippen molar-refractivity contribution in [2.24, 2.45) is 5.73 Å². The standard InChI is InChI=1S/C23H19ClF3N5OS/c24-20-18(30-22(34-20)21(33)31-19-16(28)2-1-9-23(19,26)27)15-10-29-32-11-13(5-8-17(15)32)12-3-6-14(25)7-4-12/h3-8,10-11,16,19H,1-2,9,28H2,(H,31,33)/t16-,19-/m1/s1. The van der Waals surface area contributed by atoms with Gasteiger partial charge in [-0.25, -0.2) is 22.7 Å². The van der Waals surface area contributed by atoms with E-state index in [0.717, 1.165) is 22.5 Å². The summed E-state index contributed by atoms with van der Waals surface area (Å²) in [6.07, 6.45) is 3.75. The van der Waals surface area contributed by atoms with Crippen molar-refractivity contribution in [2.75, 3.05) is 0 Å². The molecule has 6 nitrogen and oxygen atoms in total. The van der Waals surface area contributed by atoms with E-state index < -0.39 is 23.9 Å². The number of alkyl halides is 2. The molecule has 2 atom stereocenters. The molecule has 3 heterocycles. The third-order valence-corrected chi connectivity index (χ3v) is 7.20. The van der Waals surface area contributed by atoms with E-state index in [1.54, 1.807) is 29.0 Å². The molecular formula is C23H19ClF3N5OS. The Labute approximate surface area is 201 Å². The predicted octanol–water partition coefficient (Wildman–Crippen LogP) is 5.16. The number of halogens is 4. The molecule has 34 heavy (non-hydrogen) atoms. The first-order valence-electron chi connectivity index (χ1n) is 10.6. The number of thiazole rings is 1. The monoisotopic (exact) mass is 505 g/mol. The largest absolute Gasteiger partial charge is 0.340 e. The maximum atomic E-state index is 14.3. The van der Waals surface area contributed by atoms with E-state index in [1.807, 2.05) is 12.1 Å². The normalized spacial score (nSPS) is 19.9. The number of aromatic nitrogens is 3. The lowest BCUT2D eigenvalue weighted by atomic mass is 9.87. The minimum absolute atomic E-state index is 0.0316. The van der Waals surface area contributed by atoms with Gasteiger partial charge in [0.1, 0.15) is 21.9 Å². The van der Waals surface area contributed by atoms with Gasteiger partial charge < -0.3 is 11.1 Å². The average molecular weight is 506 g/mol. The molecule has 1 amide bonds. The van der Waals surface area contributed by atoms with Crippen LogP contribution in [0.2, 0.25) is 4.34 Å². The molecule has 0 spiro atoms. The van der Waals surface area contributed by atoms with Crippen LogP contribution in [0.3, 0.4) is 0 Å². The fraction of sp³-hybridized carbons (Fsp3) is 0.261. The number of nitrogens with one attached hydrogen (secondary N) is 1. The zero-order valence-corrected chi connectivity index (χ0v) is 19.2. The number of benzene rings is 1. The van der Waals surface area contributed by atoms with Gasteiger partial charge in [-0.1, -0.05) is 41.1 Å². The number of hydrogen-bond acceptors (Lipinski definition) is 5. The quantitative estimate of drug-likeness (QED) is 0.401. The van der Waals surface area contributed by atoms with Crippen molar-refractivity contribution in [1.82, 2.24) is 19.9 Å². The molecule has 5 rings (SSSR count). The van der Waals surface area contributed by atoms with E-state index in [0.29, 0.717) is 29.6 Å². The van der Waals surface area contributed by atoms with Crippen molar-refractivity contribution in [2.45, 2.75) is 37.3 Å². The molecule has 0 unspecified atom stereocenters. The second kappa shape index (κ2) is 8.68. The summed E-state index contributed by atoms with van der Waals surface area (Å²) in [5, 5.41) is 6.67. The molecule has 1 aromatic carbocycles. The van der Waals surface area contributed by atoms with Crippen molar-refractivity contribution < 1.29 is 18.0 Å². The Bertz CT molecular complexity index is 1370. The van der Waals surface area contributed by atoms with Crippen LogP contribution in [0.4, 0.5) is 13.2 Å². The minimum atomic E-state index is -3.08. The molecule has 3 N–H and O–H groups in total. The predicted molar refractivity (Wildman–Crippen MR) is 125 cm³/mol. The molecule has 0 radical (unpaired) electrons. The lowest BCUT2D eigenvalue weighted by Gasteiger charge is -2.36. The van der Waals surface area contributed by atoms with Crippen LogP contribution in [0.25, 0.3) is 27.9 Å². The molecule has 11 heteroatoms. The van der Waals surface area contributed by atoms with Crippen molar-refractivity contribution in [3.05, 3.63) is 64.0 Å². The molecule has 3 aromatic heterocycles. The van der Waals surface area contributed by atoms with Crippen molar-refractivity contribution in [1.29, 1.82) is 0 Å². The van der Waals surface area contributed by atoms with Gasteiger partial charge in [0.25, 0.3) is 11.8 Å². The molecule has 0 bridgehead atoms. The first kappa shape index (κ1) is 22.8. The molecule has 1 saturated carbocycles. The van der Waals surface area contributed by atoms with Crippen LogP contribution >= 0.6 is 22.9 Å². The van der Waals surface area contributed by atoms with Crippen molar-refractivity contribution in [3.8, 4) is 22.4 Å². The van der Waals surface area contributed by atoms with Gasteiger partial charge in [-0.05, 0) is 36.6 Å². The first-order chi connectivity index (χ1) is 16.2. The van der Waals surface area contributed by atoms with E-state index in [1.165, 1.54) is 12.1 Å². The van der Waals surface area contributed by atoms with Gasteiger partial charge in [0.2, 0.25) is 0 Å². The van der Waals surface area contributed by atoms with Gasteiger partial charge in [-0.2, -0.15) is 5.10 Å². The van der Waals surface area contributed by atoms with Gasteiger partial charge in [0.05, 0.1) is 11.7 Å². The maximum Gasteiger partial charge on any atom is 0.280 e. The van der Waals surface area contributed by atoms with Crippen molar-refractivity contribution >= 4 is 34.4 Å². The highest BCUT2D eigenvalue weighted by Crippen LogP contribution is 2.37. The lowest BCUT2D eigenvalue weighted by molar-refractivity contribution is -0.0674. The Hall–Kier alpha value is -2.95. The zero-order valence-electron chi connectivity index (χ0n) is 17.6. The molecule has 176 valence electrons. The fourth-order valence-corrected chi connectivity index (χ4v) is 5.24. The van der Waals surface area contributed by atoms with Gasteiger partial charge in [0, 0.05) is 29.8 Å². The smallest absolute Gasteiger partial charge is 0.280 e. The Balaban J connectivity index is 1.42. The summed E-state index contributed by atoms with van der Waals surface area (Å²) in [7, 11) is 0. The van der Waals surface area contributed by atoms with Crippen LogP contribution in [-0.4, -0.2) is 38.5 Å². The third kappa shape index (κ3) is 4.17. The van der Waals surface area contributed by atoms with E-state index in [-0.39, 0.29) is 21.6 Å². The molecule has 4 aromatic rings. The fourth-order valence-electron chi connectivity index (χ4n) is 4.17. The number of carbonyl (C=O) groups is 1. The van der Waals surface area contributed by atoms with E-state index >= 15 is 0 Å². The highest BCUT2D eigenvalue weighted by Gasteiger charge is 2.46. The highest BCUT2D eigenvalue weighted by atomic mass is 35.5. The maximum absolute atomic E-state index is 14.3. The lowest BCUT2D eigenvalue weighted by Crippen LogP contribution is -2.59. The van der Waals surface area contributed by atoms with Gasteiger partial charge in [-0.15, -0.1) is 0 Å². The second-order valence-corrected chi connectivity index (χ2v) is 9.82. The number of hydrogen-bond donors (Lipinski definition) is 2. The summed E-state index contributed by atoms with van der Waals surface area (Å²) in [5.41, 5.74) is 9.11. The number of fused-ring (bicyclic) bond motifs is 1. The molecular weight excluding hydrogens is 487 g/mol. The SMILES string of the molecule is N[C@@H]1CCCC(F)(F)[C@@H]1NC(=O)c1nc(-c2cnn3cc(-c4ccc(F)cc4)ccc23)c(Cl)s1. The minimum Gasteiger partial charge on any atom is -0.340 e. The Kier molecular flexibility index (Phi) is 5.83. The van der Waals surface area contributed by atoms with Crippen LogP contribution in [-0.2, 0) is 0 Å². The summed E-state index contributed by atoms with van der Waals surface area (Å²) in [6.45, 7) is 0. The van der Waals surface area contributed by atoms with E-state index in [2.05, 4.69) is 15.4 Å². The van der Waals surface area contributed by atoms with Crippen LogP contribution in [0.1, 0.15) is 29.1 Å². The Morgan fingerprint density at radius 1 is 1.21 bits per heavy atom. The number of amides is 1. The zero-order chi connectivity index (χ0) is 24.0. The number of pyridine rings is 1. The summed E-state index contributed by atoms with van der Waals surface area (Å²) in [4.78, 5) is 17.0. The molecule has 1 fully saturated rings. The Morgan fingerprint density at radius 2 is 1.94 bits per heavy atom. The van der Waals surface area contributed by atoms with Crippen molar-refractivity contribution in [3.63, 3.8) is 0 Å².